The van der Waals surface area contributed by atoms with Crippen molar-refractivity contribution in [2.24, 2.45) is 5.73 Å². The fourth-order valence-electron chi connectivity index (χ4n) is 1.54. The number of carbonyl (C=O) groups excluding carboxylic acids is 1. The van der Waals surface area contributed by atoms with Gasteiger partial charge >= 0.3 is 0 Å². The van der Waals surface area contributed by atoms with Gasteiger partial charge < -0.3 is 11.5 Å². The average molecular weight is 174 g/mol. The van der Waals surface area contributed by atoms with Crippen molar-refractivity contribution in [2.45, 2.75) is 0 Å². The van der Waals surface area contributed by atoms with Crippen LogP contribution in [-0.2, 0) is 0 Å². The molecular weight excluding hydrogens is 164 g/mol. The maximum Gasteiger partial charge on any atom is 0.192 e. The molecule has 3 heteroatoms. The van der Waals surface area contributed by atoms with Gasteiger partial charge in [0, 0.05) is 17.8 Å². The molecule has 0 aliphatic heterocycles. The second-order valence-corrected chi connectivity index (χ2v) is 3.01. The van der Waals surface area contributed by atoms with E-state index in [1.54, 1.807) is 12.1 Å². The maximum atomic E-state index is 11.6. The highest BCUT2D eigenvalue weighted by Gasteiger charge is 2.22. The van der Waals surface area contributed by atoms with Crippen LogP contribution in [0.4, 0.5) is 5.69 Å². The van der Waals surface area contributed by atoms with E-state index in [1.165, 1.54) is 0 Å². The van der Waals surface area contributed by atoms with Crippen LogP contribution in [0.5, 0.6) is 0 Å². The molecule has 0 bridgehead atoms. The van der Waals surface area contributed by atoms with Crippen LogP contribution in [0.3, 0.4) is 0 Å². The quantitative estimate of drug-likeness (QED) is 0.619. The van der Waals surface area contributed by atoms with Crippen molar-refractivity contribution in [2.75, 3.05) is 12.3 Å². The van der Waals surface area contributed by atoms with Gasteiger partial charge in [0.2, 0.25) is 0 Å². The zero-order chi connectivity index (χ0) is 9.42. The number of nitrogens with two attached hydrogens (primary N) is 2. The molecule has 0 amide bonds. The largest absolute Gasteiger partial charge is 0.398 e. The fraction of sp³-hybridized carbons (Fsp3) is 0.100. The van der Waals surface area contributed by atoms with E-state index in [-0.39, 0.29) is 12.3 Å². The zero-order valence-corrected chi connectivity index (χ0v) is 7.08. The summed E-state index contributed by atoms with van der Waals surface area (Å²) in [6, 6.07) is 5.42. The summed E-state index contributed by atoms with van der Waals surface area (Å²) in [4.78, 5) is 11.6. The number of fused-ring (bicyclic) bond motifs is 1. The molecule has 1 aromatic carbocycles. The second-order valence-electron chi connectivity index (χ2n) is 3.01. The van der Waals surface area contributed by atoms with Gasteiger partial charge in [0.1, 0.15) is 0 Å². The first-order valence-electron chi connectivity index (χ1n) is 4.08. The first kappa shape index (κ1) is 8.01. The number of ketones is 1. The number of anilines is 1. The van der Waals surface area contributed by atoms with Gasteiger partial charge in [-0.2, -0.15) is 0 Å². The van der Waals surface area contributed by atoms with Gasteiger partial charge in [-0.3, -0.25) is 4.79 Å². The van der Waals surface area contributed by atoms with Crippen molar-refractivity contribution in [1.29, 1.82) is 0 Å². The number of hydrogen-bond donors (Lipinski definition) is 2. The summed E-state index contributed by atoms with van der Waals surface area (Å²) in [5.41, 5.74) is 13.8. The Morgan fingerprint density at radius 3 is 2.69 bits per heavy atom. The van der Waals surface area contributed by atoms with Gasteiger partial charge in [0.15, 0.2) is 5.78 Å². The highest BCUT2D eigenvalue weighted by Crippen LogP contribution is 2.28. The number of benzene rings is 1. The van der Waals surface area contributed by atoms with Gasteiger partial charge in [-0.25, -0.2) is 0 Å². The number of hydrogen-bond acceptors (Lipinski definition) is 3. The highest BCUT2D eigenvalue weighted by molar-refractivity contribution is 6.20. The molecule has 1 aliphatic rings. The summed E-state index contributed by atoms with van der Waals surface area (Å²) in [5, 5.41) is 0. The molecule has 0 heterocycles. The van der Waals surface area contributed by atoms with E-state index >= 15 is 0 Å². The van der Waals surface area contributed by atoms with Crippen LogP contribution in [0.15, 0.2) is 23.8 Å². The summed E-state index contributed by atoms with van der Waals surface area (Å²) in [6.07, 6.45) is 1.80. The van der Waals surface area contributed by atoms with Crippen molar-refractivity contribution in [3.05, 3.63) is 34.9 Å². The molecule has 2 rings (SSSR count). The number of nitrogen functional groups attached to an aromatic ring is 1. The molecule has 3 nitrogen and oxygen atoms in total. The van der Waals surface area contributed by atoms with Crippen molar-refractivity contribution in [3.63, 3.8) is 0 Å². The van der Waals surface area contributed by atoms with E-state index < -0.39 is 0 Å². The molecule has 0 spiro atoms. The van der Waals surface area contributed by atoms with Gasteiger partial charge in [-0.1, -0.05) is 12.1 Å². The third-order valence-corrected chi connectivity index (χ3v) is 2.20. The van der Waals surface area contributed by atoms with Crippen LogP contribution in [0, 0.1) is 0 Å². The van der Waals surface area contributed by atoms with Crippen LogP contribution in [0.1, 0.15) is 15.9 Å². The van der Waals surface area contributed by atoms with Crippen LogP contribution in [-0.4, -0.2) is 12.3 Å². The lowest BCUT2D eigenvalue weighted by molar-refractivity contribution is 0.103. The lowest BCUT2D eigenvalue weighted by Gasteiger charge is -2.01. The number of rotatable bonds is 1. The summed E-state index contributed by atoms with van der Waals surface area (Å²) < 4.78 is 0. The molecule has 66 valence electrons. The van der Waals surface area contributed by atoms with E-state index in [2.05, 4.69) is 0 Å². The molecule has 0 radical (unpaired) electrons. The third kappa shape index (κ3) is 1.05. The van der Waals surface area contributed by atoms with Crippen molar-refractivity contribution < 1.29 is 4.79 Å². The van der Waals surface area contributed by atoms with Gasteiger partial charge in [0.05, 0.1) is 5.56 Å². The molecule has 4 N–H and O–H groups in total. The molecule has 1 aromatic rings. The second kappa shape index (κ2) is 2.71. The van der Waals surface area contributed by atoms with Gasteiger partial charge in [-0.15, -0.1) is 0 Å². The standard InChI is InChI=1S/C10H10N2O/c11-5-7-4-6-2-1-3-8(12)9(6)10(7)13/h1-4H,5,11-12H2. The van der Waals surface area contributed by atoms with Crippen molar-refractivity contribution in [1.82, 2.24) is 0 Å². The normalized spacial score (nSPS) is 14.2. The molecule has 0 fully saturated rings. The lowest BCUT2D eigenvalue weighted by atomic mass is 10.1. The van der Waals surface area contributed by atoms with Crippen LogP contribution in [0.25, 0.3) is 6.08 Å². The minimum absolute atomic E-state index is 0.0319. The van der Waals surface area contributed by atoms with E-state index in [9.17, 15) is 4.79 Å². The van der Waals surface area contributed by atoms with E-state index in [0.717, 1.165) is 5.56 Å². The maximum absolute atomic E-state index is 11.6. The summed E-state index contributed by atoms with van der Waals surface area (Å²) in [6.45, 7) is 0.271. The molecule has 0 atom stereocenters. The molecule has 0 aromatic heterocycles. The minimum Gasteiger partial charge on any atom is -0.398 e. The predicted octanol–water partition coefficient (Wildman–Crippen LogP) is 0.807. The molecule has 0 saturated heterocycles. The van der Waals surface area contributed by atoms with Crippen LogP contribution < -0.4 is 11.5 Å². The highest BCUT2D eigenvalue weighted by atomic mass is 16.1. The predicted molar refractivity (Wildman–Crippen MR) is 52.2 cm³/mol. The smallest absolute Gasteiger partial charge is 0.192 e. The van der Waals surface area contributed by atoms with Crippen LogP contribution in [0.2, 0.25) is 0 Å². The first-order chi connectivity index (χ1) is 6.24. The Morgan fingerprint density at radius 1 is 1.31 bits per heavy atom. The fourth-order valence-corrected chi connectivity index (χ4v) is 1.54. The number of carbonyl (C=O) groups is 1. The van der Waals surface area contributed by atoms with E-state index in [4.69, 9.17) is 11.5 Å². The summed E-state index contributed by atoms with van der Waals surface area (Å²) in [7, 11) is 0. The van der Waals surface area contributed by atoms with Crippen molar-refractivity contribution >= 4 is 17.5 Å². The Balaban J connectivity index is 2.60. The van der Waals surface area contributed by atoms with E-state index in [0.29, 0.717) is 16.8 Å². The average Bonchev–Trinajstić information content (AvgIpc) is 2.44. The summed E-state index contributed by atoms with van der Waals surface area (Å²) >= 11 is 0. The van der Waals surface area contributed by atoms with Crippen LogP contribution >= 0.6 is 0 Å². The van der Waals surface area contributed by atoms with Gasteiger partial charge in [0.25, 0.3) is 0 Å². The SMILES string of the molecule is NCC1=Cc2cccc(N)c2C1=O. The number of Topliss-reactive ketones (excluding diaryl/α,β-unsaturated/α-hetero) is 1. The summed E-state index contributed by atoms with van der Waals surface area (Å²) in [5.74, 6) is -0.0319. The topological polar surface area (TPSA) is 69.1 Å². The van der Waals surface area contributed by atoms with Gasteiger partial charge in [-0.05, 0) is 17.7 Å². The van der Waals surface area contributed by atoms with E-state index in [1.807, 2.05) is 12.1 Å². The Kier molecular flexibility index (Phi) is 1.67. The Bertz CT molecular complexity index is 407. The lowest BCUT2D eigenvalue weighted by Crippen LogP contribution is -2.10. The Hall–Kier alpha value is -1.61. The molecular formula is C10H10N2O. The minimum atomic E-state index is -0.0319. The third-order valence-electron chi connectivity index (χ3n) is 2.20. The monoisotopic (exact) mass is 174 g/mol. The Labute approximate surface area is 76.0 Å². The molecule has 0 saturated carbocycles. The molecule has 0 unspecified atom stereocenters. The Morgan fingerprint density at radius 2 is 2.08 bits per heavy atom. The van der Waals surface area contributed by atoms with Crippen molar-refractivity contribution in [3.8, 4) is 0 Å². The zero-order valence-electron chi connectivity index (χ0n) is 7.08. The first-order valence-corrected chi connectivity index (χ1v) is 4.08. The molecule has 1 aliphatic carbocycles. The molecule has 13 heavy (non-hydrogen) atoms.